The molecular formula is C22H35N3O4. The number of benzene rings is 1. The average molecular weight is 406 g/mol. The monoisotopic (exact) mass is 405 g/mol. The van der Waals surface area contributed by atoms with Crippen LogP contribution < -0.4 is 5.32 Å². The van der Waals surface area contributed by atoms with E-state index in [-0.39, 0.29) is 11.8 Å². The fourth-order valence-corrected chi connectivity index (χ4v) is 3.20. The molecule has 2 N–H and O–H groups in total. The van der Waals surface area contributed by atoms with Crippen molar-refractivity contribution >= 4 is 18.2 Å². The van der Waals surface area contributed by atoms with Crippen molar-refractivity contribution in [2.75, 3.05) is 14.1 Å². The Labute approximate surface area is 174 Å². The third-order valence-electron chi connectivity index (χ3n) is 5.11. The lowest BCUT2D eigenvalue weighted by Crippen LogP contribution is -2.56. The van der Waals surface area contributed by atoms with E-state index < -0.39 is 23.4 Å². The molecular weight excluding hydrogens is 370 g/mol. The molecule has 0 unspecified atom stereocenters. The zero-order valence-corrected chi connectivity index (χ0v) is 18.4. The van der Waals surface area contributed by atoms with Crippen molar-refractivity contribution in [3.05, 3.63) is 35.9 Å². The van der Waals surface area contributed by atoms with Gasteiger partial charge in [0, 0.05) is 14.1 Å². The van der Waals surface area contributed by atoms with E-state index in [1.807, 2.05) is 51.1 Å². The van der Waals surface area contributed by atoms with Gasteiger partial charge in [-0.3, -0.25) is 19.6 Å². The number of hydrogen-bond acceptors (Lipinski definition) is 4. The molecule has 0 aromatic heterocycles. The number of likely N-dealkylation sites (N-methyl/N-ethyl adjacent to an activating group) is 1. The summed E-state index contributed by atoms with van der Waals surface area (Å²) in [4.78, 5) is 38.2. The van der Waals surface area contributed by atoms with Gasteiger partial charge >= 0.3 is 0 Å². The fourth-order valence-electron chi connectivity index (χ4n) is 3.20. The predicted octanol–water partition coefficient (Wildman–Crippen LogP) is 2.48. The molecule has 7 nitrogen and oxygen atoms in total. The zero-order valence-electron chi connectivity index (χ0n) is 18.4. The van der Waals surface area contributed by atoms with Crippen molar-refractivity contribution in [3.63, 3.8) is 0 Å². The molecule has 0 bridgehead atoms. The first-order chi connectivity index (χ1) is 13.5. The first kappa shape index (κ1) is 24.6. The van der Waals surface area contributed by atoms with Crippen LogP contribution in [0.15, 0.2) is 30.3 Å². The lowest BCUT2D eigenvalue weighted by atomic mass is 9.84. The van der Waals surface area contributed by atoms with Crippen molar-refractivity contribution in [2.45, 2.75) is 59.0 Å². The lowest BCUT2D eigenvalue weighted by Gasteiger charge is -2.35. The summed E-state index contributed by atoms with van der Waals surface area (Å²) in [5.41, 5.74) is 0.671. The normalized spacial score (nSPS) is 14.4. The zero-order chi connectivity index (χ0) is 22.2. The van der Waals surface area contributed by atoms with E-state index in [1.165, 1.54) is 4.90 Å². The van der Waals surface area contributed by atoms with Gasteiger partial charge in [-0.25, -0.2) is 5.06 Å². The molecule has 0 heterocycles. The van der Waals surface area contributed by atoms with E-state index in [9.17, 15) is 19.6 Å². The van der Waals surface area contributed by atoms with Crippen LogP contribution in [-0.2, 0) is 20.8 Å². The van der Waals surface area contributed by atoms with E-state index in [4.69, 9.17) is 0 Å². The molecule has 0 aliphatic rings. The molecule has 29 heavy (non-hydrogen) atoms. The molecule has 0 radical (unpaired) electrons. The van der Waals surface area contributed by atoms with Gasteiger partial charge in [0.05, 0.1) is 12.0 Å². The first-order valence-corrected chi connectivity index (χ1v) is 9.97. The van der Waals surface area contributed by atoms with Crippen molar-refractivity contribution in [3.8, 4) is 0 Å². The Morgan fingerprint density at radius 3 is 2.24 bits per heavy atom. The summed E-state index contributed by atoms with van der Waals surface area (Å²) < 4.78 is 0. The van der Waals surface area contributed by atoms with Gasteiger partial charge in [-0.15, -0.1) is 0 Å². The van der Waals surface area contributed by atoms with Crippen molar-refractivity contribution in [2.24, 2.45) is 11.3 Å². The minimum atomic E-state index is -0.711. The molecule has 0 saturated heterocycles. The number of hydrogen-bond donors (Lipinski definition) is 2. The Kier molecular flexibility index (Phi) is 9.30. The van der Waals surface area contributed by atoms with Crippen LogP contribution in [0.3, 0.4) is 0 Å². The van der Waals surface area contributed by atoms with Gasteiger partial charge < -0.3 is 10.2 Å². The van der Waals surface area contributed by atoms with Gasteiger partial charge in [0.1, 0.15) is 6.04 Å². The maximum atomic E-state index is 13.1. The smallest absolute Gasteiger partial charge is 0.245 e. The maximum absolute atomic E-state index is 13.1. The summed E-state index contributed by atoms with van der Waals surface area (Å²) in [5, 5.41) is 13.2. The Morgan fingerprint density at radius 2 is 1.76 bits per heavy atom. The average Bonchev–Trinajstić information content (AvgIpc) is 2.67. The molecule has 0 aliphatic heterocycles. The van der Waals surface area contributed by atoms with Gasteiger partial charge in [0.15, 0.2) is 0 Å². The number of carbonyl (C=O) groups excluding carboxylic acids is 3. The molecule has 0 fully saturated rings. The van der Waals surface area contributed by atoms with Crippen molar-refractivity contribution < 1.29 is 19.6 Å². The molecule has 1 rings (SSSR count). The third kappa shape index (κ3) is 7.49. The summed E-state index contributed by atoms with van der Waals surface area (Å²) in [6, 6.07) is 8.50. The number of hydroxylamine groups is 2. The molecule has 0 spiro atoms. The Bertz CT molecular complexity index is 670. The van der Waals surface area contributed by atoms with Crippen LogP contribution in [0.5, 0.6) is 0 Å². The molecule has 0 aliphatic carbocycles. The van der Waals surface area contributed by atoms with Crippen molar-refractivity contribution in [1.29, 1.82) is 0 Å². The molecule has 7 heteroatoms. The highest BCUT2D eigenvalue weighted by Gasteiger charge is 2.37. The number of nitrogens with one attached hydrogen (secondary N) is 1. The number of nitrogens with zero attached hydrogens (tertiary/aromatic N) is 2. The molecule has 3 amide bonds. The highest BCUT2D eigenvalue weighted by Crippen LogP contribution is 2.23. The summed E-state index contributed by atoms with van der Waals surface area (Å²) in [6.45, 7) is 7.28. The second kappa shape index (κ2) is 11.0. The van der Waals surface area contributed by atoms with Crippen LogP contribution in [0, 0.1) is 11.3 Å². The van der Waals surface area contributed by atoms with Gasteiger partial charge in [-0.05, 0) is 37.2 Å². The lowest BCUT2D eigenvalue weighted by molar-refractivity contribution is -0.166. The van der Waals surface area contributed by atoms with E-state index in [1.54, 1.807) is 21.0 Å². The van der Waals surface area contributed by atoms with Crippen LogP contribution in [0.1, 0.15) is 46.1 Å². The topological polar surface area (TPSA) is 90.0 Å². The Hall–Kier alpha value is -2.41. The van der Waals surface area contributed by atoms with Gasteiger partial charge in [-0.2, -0.15) is 0 Å². The number of carbonyl (C=O) groups is 3. The van der Waals surface area contributed by atoms with E-state index >= 15 is 0 Å². The Balaban J connectivity index is 2.95. The van der Waals surface area contributed by atoms with Crippen LogP contribution in [0.2, 0.25) is 0 Å². The summed E-state index contributed by atoms with van der Waals surface area (Å²) >= 11 is 0. The second-order valence-electron chi connectivity index (χ2n) is 8.75. The molecule has 3 atom stereocenters. The van der Waals surface area contributed by atoms with E-state index in [0.717, 1.165) is 12.0 Å². The number of aryl methyl sites for hydroxylation is 1. The SMILES string of the molecule is C[C@H]([C@H](CCCc1ccccc1)C(=O)N[C@H](C(=O)N(C)C)C(C)(C)C)N(O)C=O. The van der Waals surface area contributed by atoms with E-state index in [0.29, 0.717) is 24.3 Å². The highest BCUT2D eigenvalue weighted by molar-refractivity contribution is 5.89. The minimum absolute atomic E-state index is 0.196. The molecule has 162 valence electrons. The van der Waals surface area contributed by atoms with Crippen LogP contribution in [-0.4, -0.2) is 59.6 Å². The number of amides is 3. The van der Waals surface area contributed by atoms with Crippen LogP contribution in [0.4, 0.5) is 0 Å². The van der Waals surface area contributed by atoms with Crippen LogP contribution in [0.25, 0.3) is 0 Å². The third-order valence-corrected chi connectivity index (χ3v) is 5.11. The minimum Gasteiger partial charge on any atom is -0.347 e. The second-order valence-corrected chi connectivity index (χ2v) is 8.75. The van der Waals surface area contributed by atoms with Crippen molar-refractivity contribution in [1.82, 2.24) is 15.3 Å². The largest absolute Gasteiger partial charge is 0.347 e. The van der Waals surface area contributed by atoms with Crippen LogP contribution >= 0.6 is 0 Å². The summed E-state index contributed by atoms with van der Waals surface area (Å²) in [5.74, 6) is -1.19. The van der Waals surface area contributed by atoms with Gasteiger partial charge in [-0.1, -0.05) is 51.1 Å². The standard InChI is InChI=1S/C22H35N3O4/c1-16(25(29)15-26)18(14-10-13-17-11-8-7-9-12-17)20(27)23-19(22(2,3)4)21(28)24(5)6/h7-9,11-12,15-16,18-19,29H,10,13-14H2,1-6H3,(H,23,27)/t16-,18+,19-/m1/s1. The molecule has 1 aromatic rings. The first-order valence-electron chi connectivity index (χ1n) is 9.97. The summed E-state index contributed by atoms with van der Waals surface area (Å²) in [6.07, 6.45) is 2.26. The van der Waals surface area contributed by atoms with E-state index in [2.05, 4.69) is 5.32 Å². The summed E-state index contributed by atoms with van der Waals surface area (Å²) in [7, 11) is 3.30. The fraction of sp³-hybridized carbons (Fsp3) is 0.591. The van der Waals surface area contributed by atoms with Gasteiger partial charge in [0.25, 0.3) is 0 Å². The molecule has 0 saturated carbocycles. The molecule has 1 aromatic carbocycles. The number of rotatable bonds is 10. The van der Waals surface area contributed by atoms with Gasteiger partial charge in [0.2, 0.25) is 18.2 Å². The maximum Gasteiger partial charge on any atom is 0.245 e. The Morgan fingerprint density at radius 1 is 1.17 bits per heavy atom. The highest BCUT2D eigenvalue weighted by atomic mass is 16.5. The quantitative estimate of drug-likeness (QED) is 0.355. The predicted molar refractivity (Wildman–Crippen MR) is 112 cm³/mol.